The summed E-state index contributed by atoms with van der Waals surface area (Å²) in [5, 5.41) is 6.01. The molecule has 1 aliphatic rings. The van der Waals surface area contributed by atoms with Gasteiger partial charge in [-0.25, -0.2) is 4.79 Å². The number of fused-ring (bicyclic) bond motifs is 1. The van der Waals surface area contributed by atoms with E-state index in [1.54, 1.807) is 25.2 Å². The van der Waals surface area contributed by atoms with E-state index in [1.807, 2.05) is 81.4 Å². The highest BCUT2D eigenvalue weighted by Gasteiger charge is 2.41. The molecule has 0 bridgehead atoms. The van der Waals surface area contributed by atoms with E-state index in [4.69, 9.17) is 5.73 Å². The van der Waals surface area contributed by atoms with Gasteiger partial charge in [0.2, 0.25) is 5.91 Å². The zero-order valence-electron chi connectivity index (χ0n) is 22.3. The number of nitrogens with one attached hydrogen (secondary N) is 2. The van der Waals surface area contributed by atoms with Crippen LogP contribution >= 0.6 is 0 Å². The van der Waals surface area contributed by atoms with Crippen molar-refractivity contribution < 1.29 is 14.4 Å². The number of carbonyl (C=O) groups excluding carboxylic acids is 3. The van der Waals surface area contributed by atoms with Gasteiger partial charge in [0.05, 0.1) is 0 Å². The summed E-state index contributed by atoms with van der Waals surface area (Å²) in [6.07, 6.45) is 0.296. The first-order valence-electron chi connectivity index (χ1n) is 12.7. The molecule has 2 unspecified atom stereocenters. The van der Waals surface area contributed by atoms with Gasteiger partial charge < -0.3 is 21.3 Å². The van der Waals surface area contributed by atoms with Crippen molar-refractivity contribution in [1.29, 1.82) is 0 Å². The summed E-state index contributed by atoms with van der Waals surface area (Å²) in [6.45, 7) is 5.48. The maximum absolute atomic E-state index is 14.3. The van der Waals surface area contributed by atoms with Gasteiger partial charge in [-0.3, -0.25) is 14.5 Å². The van der Waals surface area contributed by atoms with Gasteiger partial charge in [0.1, 0.15) is 12.6 Å². The standard InChI is InChI=1S/C30H35N5O3/c1-30(2,3)33-27(36)19-34-25-16-9-8-15-23(25)24(20-11-6-5-7-12-20)18-26(28(34)37)35(29(31)38)22-14-10-13-21(17-22)32-4/h5-17,24,26,32H,18-19H2,1-4H3,(H2,31,38)(H,33,36). The Morgan fingerprint density at radius 1 is 1.00 bits per heavy atom. The SMILES string of the molecule is CNc1cccc(N(C(N)=O)C2CC(c3ccccc3)c3ccccc3N(CC(=O)NC(C)(C)C)C2=O)c1. The molecule has 2 atom stereocenters. The molecule has 4 rings (SSSR count). The number of benzene rings is 3. The van der Waals surface area contributed by atoms with Crippen molar-refractivity contribution in [2.24, 2.45) is 5.73 Å². The first-order chi connectivity index (χ1) is 18.1. The minimum atomic E-state index is -0.945. The number of hydrogen-bond donors (Lipinski definition) is 3. The maximum atomic E-state index is 14.3. The first kappa shape index (κ1) is 26.7. The van der Waals surface area contributed by atoms with Gasteiger partial charge in [-0.15, -0.1) is 0 Å². The number of nitrogens with two attached hydrogens (primary N) is 1. The second-order valence-electron chi connectivity index (χ2n) is 10.5. The number of anilines is 3. The maximum Gasteiger partial charge on any atom is 0.320 e. The minimum absolute atomic E-state index is 0.186. The Hall–Kier alpha value is -4.33. The molecule has 0 spiro atoms. The number of nitrogens with zero attached hydrogens (tertiary/aromatic N) is 2. The lowest BCUT2D eigenvalue weighted by molar-refractivity contribution is -0.125. The molecular weight excluding hydrogens is 478 g/mol. The van der Waals surface area contributed by atoms with Crippen molar-refractivity contribution in [2.75, 3.05) is 28.7 Å². The van der Waals surface area contributed by atoms with Crippen LogP contribution in [0.5, 0.6) is 0 Å². The summed E-state index contributed by atoms with van der Waals surface area (Å²) in [6, 6.07) is 23.0. The van der Waals surface area contributed by atoms with Crippen molar-refractivity contribution in [3.63, 3.8) is 0 Å². The average molecular weight is 514 g/mol. The molecule has 3 aromatic rings. The zero-order chi connectivity index (χ0) is 27.4. The van der Waals surface area contributed by atoms with Crippen LogP contribution in [0.15, 0.2) is 78.9 Å². The molecular formula is C30H35N5O3. The lowest BCUT2D eigenvalue weighted by Gasteiger charge is -2.33. The molecule has 38 heavy (non-hydrogen) atoms. The van der Waals surface area contributed by atoms with Gasteiger partial charge in [0.25, 0.3) is 5.91 Å². The predicted molar refractivity (Wildman–Crippen MR) is 151 cm³/mol. The van der Waals surface area contributed by atoms with E-state index in [-0.39, 0.29) is 24.3 Å². The summed E-state index contributed by atoms with van der Waals surface area (Å²) < 4.78 is 0. The molecule has 0 saturated heterocycles. The van der Waals surface area contributed by atoms with Gasteiger partial charge in [-0.05, 0) is 62.6 Å². The lowest BCUT2D eigenvalue weighted by atomic mass is 9.85. The fourth-order valence-electron chi connectivity index (χ4n) is 5.03. The molecule has 8 nitrogen and oxygen atoms in total. The van der Waals surface area contributed by atoms with Gasteiger partial charge in [0, 0.05) is 35.6 Å². The van der Waals surface area contributed by atoms with Crippen LogP contribution in [0.2, 0.25) is 0 Å². The lowest BCUT2D eigenvalue weighted by Crippen LogP contribution is -2.55. The Kier molecular flexibility index (Phi) is 7.71. The number of carbonyl (C=O) groups is 3. The summed E-state index contributed by atoms with van der Waals surface area (Å²) in [4.78, 5) is 43.2. The van der Waals surface area contributed by atoms with Crippen LogP contribution in [0.25, 0.3) is 0 Å². The van der Waals surface area contributed by atoms with E-state index >= 15 is 0 Å². The van der Waals surface area contributed by atoms with E-state index in [0.717, 1.165) is 16.8 Å². The van der Waals surface area contributed by atoms with Gasteiger partial charge in [-0.2, -0.15) is 0 Å². The predicted octanol–water partition coefficient (Wildman–Crippen LogP) is 4.47. The molecule has 0 radical (unpaired) electrons. The van der Waals surface area contributed by atoms with Gasteiger partial charge >= 0.3 is 6.03 Å². The summed E-state index contributed by atoms with van der Waals surface area (Å²) >= 11 is 0. The van der Waals surface area contributed by atoms with Crippen LogP contribution in [-0.4, -0.2) is 43.0 Å². The van der Waals surface area contributed by atoms with Crippen molar-refractivity contribution in [2.45, 2.75) is 44.7 Å². The first-order valence-corrected chi connectivity index (χ1v) is 12.7. The van der Waals surface area contributed by atoms with Crippen LogP contribution in [0.4, 0.5) is 21.9 Å². The third-order valence-corrected chi connectivity index (χ3v) is 6.59. The Balaban J connectivity index is 1.87. The Morgan fingerprint density at radius 2 is 1.68 bits per heavy atom. The fraction of sp³-hybridized carbons (Fsp3) is 0.300. The summed E-state index contributed by atoms with van der Waals surface area (Å²) in [5.74, 6) is -0.875. The van der Waals surface area contributed by atoms with Crippen molar-refractivity contribution in [3.8, 4) is 0 Å². The van der Waals surface area contributed by atoms with E-state index in [0.29, 0.717) is 17.8 Å². The summed E-state index contributed by atoms with van der Waals surface area (Å²) in [7, 11) is 1.78. The number of amides is 4. The van der Waals surface area contributed by atoms with E-state index < -0.39 is 17.6 Å². The monoisotopic (exact) mass is 513 g/mol. The fourth-order valence-corrected chi connectivity index (χ4v) is 5.03. The molecule has 1 heterocycles. The highest BCUT2D eigenvalue weighted by atomic mass is 16.2. The van der Waals surface area contributed by atoms with Crippen LogP contribution in [0.1, 0.15) is 44.2 Å². The van der Waals surface area contributed by atoms with Crippen LogP contribution in [0.3, 0.4) is 0 Å². The molecule has 0 aromatic heterocycles. The minimum Gasteiger partial charge on any atom is -0.388 e. The van der Waals surface area contributed by atoms with Crippen LogP contribution in [0, 0.1) is 0 Å². The Labute approximate surface area is 223 Å². The molecule has 8 heteroatoms. The number of hydrogen-bond acceptors (Lipinski definition) is 4. The quantitative estimate of drug-likeness (QED) is 0.452. The van der Waals surface area contributed by atoms with Crippen LogP contribution < -0.4 is 26.2 Å². The molecule has 0 saturated carbocycles. The number of primary amides is 1. The molecule has 0 fully saturated rings. The summed E-state index contributed by atoms with van der Waals surface area (Å²) in [5.41, 5.74) is 9.31. The van der Waals surface area contributed by atoms with Crippen molar-refractivity contribution in [3.05, 3.63) is 90.0 Å². The topological polar surface area (TPSA) is 108 Å². The van der Waals surface area contributed by atoms with Gasteiger partial charge in [-0.1, -0.05) is 54.6 Å². The molecule has 4 amide bonds. The van der Waals surface area contributed by atoms with Gasteiger partial charge in [0.15, 0.2) is 0 Å². The second kappa shape index (κ2) is 11.0. The number of para-hydroxylation sites is 1. The molecule has 4 N–H and O–H groups in total. The molecule has 1 aliphatic heterocycles. The molecule has 198 valence electrons. The normalized spacial score (nSPS) is 17.3. The zero-order valence-corrected chi connectivity index (χ0v) is 22.3. The highest BCUT2D eigenvalue weighted by molar-refractivity contribution is 6.08. The third-order valence-electron chi connectivity index (χ3n) is 6.59. The van der Waals surface area contributed by atoms with Crippen molar-refractivity contribution >= 4 is 34.9 Å². The smallest absolute Gasteiger partial charge is 0.320 e. The molecule has 3 aromatic carbocycles. The highest BCUT2D eigenvalue weighted by Crippen LogP contribution is 2.41. The Morgan fingerprint density at radius 3 is 2.34 bits per heavy atom. The van der Waals surface area contributed by atoms with E-state index in [9.17, 15) is 14.4 Å². The average Bonchev–Trinajstić information content (AvgIpc) is 2.99. The Bertz CT molecular complexity index is 1320. The molecule has 0 aliphatic carbocycles. The second-order valence-corrected chi connectivity index (χ2v) is 10.5. The van der Waals surface area contributed by atoms with Crippen molar-refractivity contribution in [1.82, 2.24) is 5.32 Å². The number of urea groups is 1. The third kappa shape index (κ3) is 5.80. The van der Waals surface area contributed by atoms with E-state index in [2.05, 4.69) is 10.6 Å². The van der Waals surface area contributed by atoms with E-state index in [1.165, 1.54) is 9.80 Å². The number of rotatable bonds is 6. The van der Waals surface area contributed by atoms with Crippen LogP contribution in [-0.2, 0) is 9.59 Å². The largest absolute Gasteiger partial charge is 0.388 e.